The van der Waals surface area contributed by atoms with Crippen LogP contribution in [0.2, 0.25) is 0 Å². The van der Waals surface area contributed by atoms with Crippen molar-refractivity contribution in [3.8, 4) is 0 Å². The van der Waals surface area contributed by atoms with E-state index in [1.165, 1.54) is 4.90 Å². The van der Waals surface area contributed by atoms with Crippen molar-refractivity contribution in [1.82, 2.24) is 21.0 Å². The van der Waals surface area contributed by atoms with Crippen molar-refractivity contribution < 1.29 is 24.0 Å². The number of ketones is 2. The van der Waals surface area contributed by atoms with Crippen LogP contribution in [-0.2, 0) is 25.8 Å². The minimum Gasteiger partial charge on any atom is -0.328 e. The topological polar surface area (TPSA) is 117 Å². The molecule has 0 radical (unpaired) electrons. The first-order chi connectivity index (χ1) is 18.3. The molecule has 9 heteroatoms. The number of benzene rings is 1. The fraction of sp³-hybridized carbons (Fsp3) is 0.655. The van der Waals surface area contributed by atoms with Gasteiger partial charge in [0.15, 0.2) is 11.6 Å². The minimum atomic E-state index is -0.704. The number of carbonyl (C=O) groups excluding carboxylic acids is 4. The summed E-state index contributed by atoms with van der Waals surface area (Å²) in [5.74, 6) is -0.813. The second kappa shape index (κ2) is 16.9. The number of urea groups is 1. The zero-order valence-corrected chi connectivity index (χ0v) is 23.5. The fourth-order valence-corrected chi connectivity index (χ4v) is 4.72. The van der Waals surface area contributed by atoms with E-state index in [9.17, 15) is 19.2 Å². The summed E-state index contributed by atoms with van der Waals surface area (Å²) < 4.78 is 0. The Morgan fingerprint density at radius 3 is 2.50 bits per heavy atom. The SMILES string of the molecule is CCCCC[C@H](CC(=O)NOCc1ccccc1)C(=O)[C@@H]1CNCCN1C(=O)N[C@@H](CC(C)C)C(=O)CC. The minimum absolute atomic E-state index is 0.00636. The van der Waals surface area contributed by atoms with Gasteiger partial charge in [-0.3, -0.25) is 19.2 Å². The first-order valence-electron chi connectivity index (χ1n) is 14.1. The molecule has 1 aliphatic heterocycles. The molecule has 0 aromatic heterocycles. The highest BCUT2D eigenvalue weighted by molar-refractivity contribution is 5.94. The summed E-state index contributed by atoms with van der Waals surface area (Å²) in [6.07, 6.45) is 4.21. The predicted octanol–water partition coefficient (Wildman–Crippen LogP) is 3.77. The lowest BCUT2D eigenvalue weighted by Crippen LogP contribution is -2.62. The molecule has 9 nitrogen and oxygen atoms in total. The molecular weight excluding hydrogens is 484 g/mol. The average molecular weight is 531 g/mol. The van der Waals surface area contributed by atoms with Crippen LogP contribution in [0.3, 0.4) is 0 Å². The summed E-state index contributed by atoms with van der Waals surface area (Å²) in [7, 11) is 0. The molecule has 1 aromatic rings. The van der Waals surface area contributed by atoms with Gasteiger partial charge in [-0.1, -0.05) is 77.3 Å². The van der Waals surface area contributed by atoms with Crippen LogP contribution in [0.4, 0.5) is 4.79 Å². The number of hydrogen-bond acceptors (Lipinski definition) is 6. The highest BCUT2D eigenvalue weighted by Gasteiger charge is 2.37. The number of piperazine rings is 1. The van der Waals surface area contributed by atoms with Gasteiger partial charge in [-0.25, -0.2) is 10.3 Å². The lowest BCUT2D eigenvalue weighted by atomic mass is 9.88. The first-order valence-corrected chi connectivity index (χ1v) is 14.1. The van der Waals surface area contributed by atoms with Crippen LogP contribution in [0.25, 0.3) is 0 Å². The molecular formula is C29H46N4O5. The lowest BCUT2D eigenvalue weighted by molar-refractivity contribution is -0.139. The summed E-state index contributed by atoms with van der Waals surface area (Å²) >= 11 is 0. The number of carbonyl (C=O) groups is 4. The molecule has 0 unspecified atom stereocenters. The smallest absolute Gasteiger partial charge is 0.318 e. The molecule has 0 aliphatic carbocycles. The second-order valence-corrected chi connectivity index (χ2v) is 10.5. The maximum Gasteiger partial charge on any atom is 0.318 e. The van der Waals surface area contributed by atoms with Gasteiger partial charge in [0.1, 0.15) is 6.04 Å². The van der Waals surface area contributed by atoms with E-state index in [2.05, 4.69) is 23.0 Å². The number of hydrogen-bond donors (Lipinski definition) is 3. The number of unbranched alkanes of at least 4 members (excludes halogenated alkanes) is 2. The molecule has 1 aromatic carbocycles. The number of nitrogens with one attached hydrogen (secondary N) is 3. The van der Waals surface area contributed by atoms with Crippen LogP contribution in [0, 0.1) is 11.8 Å². The normalized spacial score (nSPS) is 17.1. The van der Waals surface area contributed by atoms with Gasteiger partial charge in [0.25, 0.3) is 0 Å². The van der Waals surface area contributed by atoms with E-state index >= 15 is 0 Å². The maximum atomic E-state index is 13.7. The van der Waals surface area contributed by atoms with Gasteiger partial charge in [0.2, 0.25) is 5.91 Å². The molecule has 3 atom stereocenters. The van der Waals surface area contributed by atoms with Gasteiger partial charge in [0.05, 0.1) is 12.6 Å². The molecule has 1 aliphatic rings. The van der Waals surface area contributed by atoms with Gasteiger partial charge < -0.3 is 15.5 Å². The highest BCUT2D eigenvalue weighted by Crippen LogP contribution is 2.21. The second-order valence-electron chi connectivity index (χ2n) is 10.5. The number of hydroxylamine groups is 1. The van der Waals surface area contributed by atoms with Crippen LogP contribution < -0.4 is 16.1 Å². The van der Waals surface area contributed by atoms with Gasteiger partial charge in [-0.2, -0.15) is 0 Å². The number of rotatable bonds is 16. The van der Waals surface area contributed by atoms with Crippen molar-refractivity contribution in [2.24, 2.45) is 11.8 Å². The van der Waals surface area contributed by atoms with E-state index in [-0.39, 0.29) is 36.4 Å². The van der Waals surface area contributed by atoms with Crippen LogP contribution in [0.15, 0.2) is 30.3 Å². The summed E-state index contributed by atoms with van der Waals surface area (Å²) in [6, 6.07) is 7.82. The Morgan fingerprint density at radius 1 is 1.11 bits per heavy atom. The molecule has 212 valence electrons. The third-order valence-electron chi connectivity index (χ3n) is 6.83. The van der Waals surface area contributed by atoms with E-state index in [1.54, 1.807) is 6.92 Å². The number of amides is 3. The third-order valence-corrected chi connectivity index (χ3v) is 6.83. The van der Waals surface area contributed by atoms with Crippen molar-refractivity contribution >= 4 is 23.5 Å². The molecule has 0 spiro atoms. The quantitative estimate of drug-likeness (QED) is 0.221. The predicted molar refractivity (Wildman–Crippen MR) is 147 cm³/mol. The summed E-state index contributed by atoms with van der Waals surface area (Å²) in [4.78, 5) is 59.1. The summed E-state index contributed by atoms with van der Waals surface area (Å²) in [6.45, 7) is 9.35. The third kappa shape index (κ3) is 10.5. The van der Waals surface area contributed by atoms with Gasteiger partial charge in [-0.15, -0.1) is 0 Å². The average Bonchev–Trinajstić information content (AvgIpc) is 2.91. The Hall–Kier alpha value is -2.78. The van der Waals surface area contributed by atoms with Gasteiger partial charge >= 0.3 is 6.03 Å². The molecule has 0 bridgehead atoms. The Kier molecular flexibility index (Phi) is 14.0. The van der Waals surface area contributed by atoms with Crippen molar-refractivity contribution in [1.29, 1.82) is 0 Å². The standard InChI is InChI=1S/C29H46N4O5/c1-5-7-9-14-23(18-27(35)32-38-20-22-12-10-8-11-13-22)28(36)25-19-30-15-16-33(25)29(37)31-24(17-21(3)4)26(34)6-2/h8,10-13,21,23-25,30H,5-7,9,14-20H2,1-4H3,(H,31,37)(H,32,35)/t23-,24+,25+/m1/s1. The van der Waals surface area contributed by atoms with Gasteiger partial charge in [-0.05, 0) is 24.3 Å². The van der Waals surface area contributed by atoms with Crippen molar-refractivity contribution in [2.45, 2.75) is 91.3 Å². The zero-order valence-electron chi connectivity index (χ0n) is 23.5. The summed E-state index contributed by atoms with van der Waals surface area (Å²) in [5, 5.41) is 6.10. The Balaban J connectivity index is 2.07. The monoisotopic (exact) mass is 530 g/mol. The lowest BCUT2D eigenvalue weighted by Gasteiger charge is -2.37. The van der Waals surface area contributed by atoms with E-state index in [0.717, 1.165) is 24.8 Å². The fourth-order valence-electron chi connectivity index (χ4n) is 4.72. The molecule has 1 heterocycles. The summed E-state index contributed by atoms with van der Waals surface area (Å²) in [5.41, 5.74) is 3.40. The number of nitrogens with zero attached hydrogens (tertiary/aromatic N) is 1. The largest absolute Gasteiger partial charge is 0.328 e. The van der Waals surface area contributed by atoms with E-state index in [1.807, 2.05) is 44.2 Å². The van der Waals surface area contributed by atoms with E-state index in [4.69, 9.17) is 4.84 Å². The van der Waals surface area contributed by atoms with E-state index in [0.29, 0.717) is 38.9 Å². The zero-order chi connectivity index (χ0) is 27.9. The maximum absolute atomic E-state index is 13.7. The first kappa shape index (κ1) is 31.4. The molecule has 0 saturated carbocycles. The van der Waals surface area contributed by atoms with Crippen molar-refractivity contribution in [3.63, 3.8) is 0 Å². The molecule has 2 rings (SSSR count). The van der Waals surface area contributed by atoms with Crippen molar-refractivity contribution in [3.05, 3.63) is 35.9 Å². The van der Waals surface area contributed by atoms with Crippen LogP contribution in [0.1, 0.15) is 78.2 Å². The number of Topliss-reactive ketones (excluding diaryl/α,β-unsaturated/α-hetero) is 2. The van der Waals surface area contributed by atoms with E-state index < -0.39 is 24.0 Å². The molecule has 1 fully saturated rings. The van der Waals surface area contributed by atoms with Crippen molar-refractivity contribution in [2.75, 3.05) is 19.6 Å². The molecule has 3 amide bonds. The molecule has 1 saturated heterocycles. The molecule has 38 heavy (non-hydrogen) atoms. The van der Waals surface area contributed by atoms with Crippen LogP contribution in [0.5, 0.6) is 0 Å². The van der Waals surface area contributed by atoms with Gasteiger partial charge in [0, 0.05) is 38.4 Å². The highest BCUT2D eigenvalue weighted by atomic mass is 16.6. The van der Waals surface area contributed by atoms with Crippen LogP contribution >= 0.6 is 0 Å². The Morgan fingerprint density at radius 2 is 1.84 bits per heavy atom. The Bertz CT molecular complexity index is 892. The molecule has 3 N–H and O–H groups in total. The van der Waals surface area contributed by atoms with Crippen LogP contribution in [-0.4, -0.2) is 60.1 Å². The Labute approximate surface area is 227 Å².